The van der Waals surface area contributed by atoms with Crippen LogP contribution in [-0.4, -0.2) is 13.2 Å². The molecule has 0 atom stereocenters. The maximum atomic E-state index is 5.75. The number of ether oxygens (including phenoxy) is 1. The minimum atomic E-state index is 0.747. The van der Waals surface area contributed by atoms with Crippen LogP contribution in [0.2, 0.25) is 0 Å². The Balaban J connectivity index is 1.69. The van der Waals surface area contributed by atoms with Gasteiger partial charge in [0.15, 0.2) is 0 Å². The molecular weight excluding hydrogens is 270 g/mol. The van der Waals surface area contributed by atoms with Gasteiger partial charge in [0.2, 0.25) is 0 Å². The highest BCUT2D eigenvalue weighted by molar-refractivity contribution is 6.13. The van der Waals surface area contributed by atoms with Gasteiger partial charge in [-0.2, -0.15) is 0 Å². The Morgan fingerprint density at radius 2 is 1.55 bits per heavy atom. The van der Waals surface area contributed by atoms with Crippen LogP contribution in [0, 0.1) is 0 Å². The number of hydrogen-bond donors (Lipinski definition) is 1. The highest BCUT2D eigenvalue weighted by atomic mass is 35.5. The SMILES string of the molecule is ClNCCc1ccc(OCCCc2ccccc2)cc1. The molecule has 2 rings (SSSR count). The zero-order valence-corrected chi connectivity index (χ0v) is 12.3. The second-order valence-electron chi connectivity index (χ2n) is 4.72. The summed E-state index contributed by atoms with van der Waals surface area (Å²) in [5.41, 5.74) is 2.62. The number of benzene rings is 2. The summed E-state index contributed by atoms with van der Waals surface area (Å²) < 4.78 is 5.75. The van der Waals surface area contributed by atoms with E-state index in [2.05, 4.69) is 41.2 Å². The Hall–Kier alpha value is -1.51. The minimum Gasteiger partial charge on any atom is -0.494 e. The molecule has 0 bridgehead atoms. The first-order chi connectivity index (χ1) is 9.88. The number of aryl methyl sites for hydroxylation is 1. The highest BCUT2D eigenvalue weighted by Gasteiger charge is 1.97. The summed E-state index contributed by atoms with van der Waals surface area (Å²) in [6.07, 6.45) is 3.01. The van der Waals surface area contributed by atoms with Crippen LogP contribution in [0.3, 0.4) is 0 Å². The molecule has 0 spiro atoms. The summed E-state index contributed by atoms with van der Waals surface area (Å²) in [5.74, 6) is 0.931. The number of halogens is 1. The average molecular weight is 290 g/mol. The van der Waals surface area contributed by atoms with Crippen molar-refractivity contribution in [3.63, 3.8) is 0 Å². The summed E-state index contributed by atoms with van der Waals surface area (Å²) in [7, 11) is 0. The van der Waals surface area contributed by atoms with Crippen molar-refractivity contribution in [3.8, 4) is 5.75 Å². The Labute approximate surface area is 125 Å². The molecule has 20 heavy (non-hydrogen) atoms. The van der Waals surface area contributed by atoms with Gasteiger partial charge in [-0.05, 0) is 54.3 Å². The van der Waals surface area contributed by atoms with Crippen molar-refractivity contribution >= 4 is 11.8 Å². The van der Waals surface area contributed by atoms with E-state index >= 15 is 0 Å². The summed E-state index contributed by atoms with van der Waals surface area (Å²) in [4.78, 5) is 2.63. The molecular formula is C17H20ClNO. The Morgan fingerprint density at radius 3 is 2.25 bits per heavy atom. The first kappa shape index (κ1) is 14.9. The second kappa shape index (κ2) is 8.62. The maximum Gasteiger partial charge on any atom is 0.119 e. The summed E-state index contributed by atoms with van der Waals surface area (Å²) >= 11 is 5.44. The van der Waals surface area contributed by atoms with E-state index in [0.29, 0.717) is 0 Å². The van der Waals surface area contributed by atoms with Crippen LogP contribution in [0.25, 0.3) is 0 Å². The summed E-state index contributed by atoms with van der Waals surface area (Å²) in [5, 5.41) is 0. The lowest BCUT2D eigenvalue weighted by Gasteiger charge is -2.07. The third-order valence-corrected chi connectivity index (χ3v) is 3.34. The van der Waals surface area contributed by atoms with Gasteiger partial charge >= 0.3 is 0 Å². The molecule has 0 aromatic heterocycles. The van der Waals surface area contributed by atoms with Crippen LogP contribution in [0.4, 0.5) is 0 Å². The van der Waals surface area contributed by atoms with E-state index in [0.717, 1.165) is 38.2 Å². The molecule has 0 aliphatic heterocycles. The van der Waals surface area contributed by atoms with Gasteiger partial charge in [-0.15, -0.1) is 0 Å². The molecule has 2 aromatic carbocycles. The van der Waals surface area contributed by atoms with Crippen LogP contribution in [0.1, 0.15) is 17.5 Å². The molecule has 106 valence electrons. The Kier molecular flexibility index (Phi) is 6.42. The van der Waals surface area contributed by atoms with Crippen LogP contribution in [-0.2, 0) is 12.8 Å². The van der Waals surface area contributed by atoms with Crippen LogP contribution in [0.15, 0.2) is 54.6 Å². The Morgan fingerprint density at radius 1 is 0.850 bits per heavy atom. The van der Waals surface area contributed by atoms with Gasteiger partial charge in [0.25, 0.3) is 0 Å². The predicted molar refractivity (Wildman–Crippen MR) is 84.3 cm³/mol. The number of rotatable bonds is 8. The van der Waals surface area contributed by atoms with Gasteiger partial charge in [0.1, 0.15) is 5.75 Å². The normalized spacial score (nSPS) is 10.4. The number of nitrogens with one attached hydrogen (secondary N) is 1. The van der Waals surface area contributed by atoms with E-state index in [1.807, 2.05) is 18.2 Å². The van der Waals surface area contributed by atoms with Crippen LogP contribution in [0.5, 0.6) is 5.75 Å². The monoisotopic (exact) mass is 289 g/mol. The fraction of sp³-hybridized carbons (Fsp3) is 0.294. The lowest BCUT2D eigenvalue weighted by atomic mass is 10.1. The molecule has 3 heteroatoms. The molecule has 2 nitrogen and oxygen atoms in total. The van der Waals surface area contributed by atoms with Crippen LogP contribution < -0.4 is 9.57 Å². The molecule has 0 saturated heterocycles. The standard InChI is InChI=1S/C17H20ClNO/c18-19-13-12-16-8-10-17(11-9-16)20-14-4-7-15-5-2-1-3-6-15/h1-3,5-6,8-11,19H,4,7,12-14H2. The van der Waals surface area contributed by atoms with Crippen molar-refractivity contribution in [3.05, 3.63) is 65.7 Å². The Bertz CT molecular complexity index is 484. The molecule has 0 fully saturated rings. The molecule has 1 N–H and O–H groups in total. The fourth-order valence-electron chi connectivity index (χ4n) is 2.05. The van der Waals surface area contributed by atoms with Gasteiger partial charge in [0, 0.05) is 6.54 Å². The zero-order chi connectivity index (χ0) is 14.0. The lowest BCUT2D eigenvalue weighted by molar-refractivity contribution is 0.311. The number of hydrogen-bond acceptors (Lipinski definition) is 2. The first-order valence-electron chi connectivity index (χ1n) is 6.97. The molecule has 0 amide bonds. The van der Waals surface area contributed by atoms with E-state index in [-0.39, 0.29) is 0 Å². The van der Waals surface area contributed by atoms with Crippen molar-refractivity contribution < 1.29 is 4.74 Å². The molecule has 0 aliphatic rings. The molecule has 0 aliphatic carbocycles. The van der Waals surface area contributed by atoms with Crippen molar-refractivity contribution in [1.29, 1.82) is 0 Å². The zero-order valence-electron chi connectivity index (χ0n) is 11.5. The van der Waals surface area contributed by atoms with Gasteiger partial charge in [-0.25, -0.2) is 4.84 Å². The molecule has 0 unspecified atom stereocenters. The van der Waals surface area contributed by atoms with Crippen molar-refractivity contribution in [1.82, 2.24) is 4.84 Å². The second-order valence-corrected chi connectivity index (χ2v) is 4.98. The van der Waals surface area contributed by atoms with Crippen molar-refractivity contribution in [2.24, 2.45) is 0 Å². The quantitative estimate of drug-likeness (QED) is 0.586. The average Bonchev–Trinajstić information content (AvgIpc) is 2.52. The smallest absolute Gasteiger partial charge is 0.119 e. The van der Waals surface area contributed by atoms with E-state index in [1.165, 1.54) is 11.1 Å². The summed E-state index contributed by atoms with van der Waals surface area (Å²) in [6.45, 7) is 1.52. The highest BCUT2D eigenvalue weighted by Crippen LogP contribution is 2.13. The molecule has 0 radical (unpaired) electrons. The molecule has 0 saturated carbocycles. The topological polar surface area (TPSA) is 21.3 Å². The third-order valence-electron chi connectivity index (χ3n) is 3.15. The first-order valence-corrected chi connectivity index (χ1v) is 7.35. The fourth-order valence-corrected chi connectivity index (χ4v) is 2.15. The van der Waals surface area contributed by atoms with Gasteiger partial charge < -0.3 is 4.74 Å². The van der Waals surface area contributed by atoms with E-state index in [4.69, 9.17) is 16.5 Å². The molecule has 0 heterocycles. The largest absolute Gasteiger partial charge is 0.494 e. The summed E-state index contributed by atoms with van der Waals surface area (Å²) in [6, 6.07) is 18.7. The molecule has 2 aromatic rings. The lowest BCUT2D eigenvalue weighted by Crippen LogP contribution is -2.04. The van der Waals surface area contributed by atoms with Crippen molar-refractivity contribution in [2.45, 2.75) is 19.3 Å². The van der Waals surface area contributed by atoms with Crippen molar-refractivity contribution in [2.75, 3.05) is 13.2 Å². The maximum absolute atomic E-state index is 5.75. The van der Waals surface area contributed by atoms with Gasteiger partial charge in [0.05, 0.1) is 6.61 Å². The van der Waals surface area contributed by atoms with Gasteiger partial charge in [-0.3, -0.25) is 0 Å². The minimum absolute atomic E-state index is 0.747. The van der Waals surface area contributed by atoms with E-state index in [1.54, 1.807) is 0 Å². The third kappa shape index (κ3) is 5.24. The van der Waals surface area contributed by atoms with Crippen LogP contribution >= 0.6 is 11.8 Å². The van der Waals surface area contributed by atoms with Gasteiger partial charge in [-0.1, -0.05) is 42.5 Å². The predicted octanol–water partition coefficient (Wildman–Crippen LogP) is 3.98. The van der Waals surface area contributed by atoms with E-state index < -0.39 is 0 Å². The van der Waals surface area contributed by atoms with E-state index in [9.17, 15) is 0 Å².